The van der Waals surface area contributed by atoms with E-state index in [2.05, 4.69) is 4.98 Å². The topological polar surface area (TPSA) is 73.4 Å². The zero-order valence-electron chi connectivity index (χ0n) is 12.6. The number of piperidine rings is 1. The van der Waals surface area contributed by atoms with Crippen molar-refractivity contribution in [2.75, 3.05) is 6.54 Å². The summed E-state index contributed by atoms with van der Waals surface area (Å²) in [6.07, 6.45) is 3.57. The number of hydrogen-bond donors (Lipinski definition) is 2. The van der Waals surface area contributed by atoms with Crippen molar-refractivity contribution in [2.24, 2.45) is 5.92 Å². The number of carbonyl (C=O) groups excluding carboxylic acids is 1. The molecule has 0 bridgehead atoms. The fourth-order valence-corrected chi connectivity index (χ4v) is 3.37. The van der Waals surface area contributed by atoms with Gasteiger partial charge in [-0.3, -0.25) is 9.59 Å². The zero-order chi connectivity index (χ0) is 15.7. The quantitative estimate of drug-likeness (QED) is 0.914. The predicted molar refractivity (Wildman–Crippen MR) is 83.5 cm³/mol. The highest BCUT2D eigenvalue weighted by molar-refractivity contribution is 5.89. The van der Waals surface area contributed by atoms with E-state index in [-0.39, 0.29) is 11.9 Å². The number of nitrogens with zero attached hydrogens (tertiary/aromatic N) is 1. The van der Waals surface area contributed by atoms with Crippen molar-refractivity contribution in [3.8, 4) is 0 Å². The van der Waals surface area contributed by atoms with E-state index in [1.807, 2.05) is 37.4 Å². The molecule has 2 atom stereocenters. The van der Waals surface area contributed by atoms with E-state index < -0.39 is 11.9 Å². The van der Waals surface area contributed by atoms with Gasteiger partial charge in [0.1, 0.15) is 0 Å². The number of H-pyrrole nitrogens is 1. The molecular formula is C17H20N2O3. The zero-order valence-corrected chi connectivity index (χ0v) is 12.6. The highest BCUT2D eigenvalue weighted by Gasteiger charge is 2.35. The molecular weight excluding hydrogens is 280 g/mol. The van der Waals surface area contributed by atoms with Gasteiger partial charge in [0.2, 0.25) is 5.91 Å². The number of nitrogens with one attached hydrogen (secondary N) is 1. The molecule has 5 nitrogen and oxygen atoms in total. The van der Waals surface area contributed by atoms with Crippen LogP contribution in [0.2, 0.25) is 0 Å². The molecule has 0 saturated carbocycles. The Labute approximate surface area is 128 Å². The van der Waals surface area contributed by atoms with E-state index in [4.69, 9.17) is 0 Å². The van der Waals surface area contributed by atoms with Crippen molar-refractivity contribution in [3.05, 3.63) is 36.0 Å². The molecule has 0 spiro atoms. The van der Waals surface area contributed by atoms with Crippen LogP contribution in [0.4, 0.5) is 0 Å². The van der Waals surface area contributed by atoms with Gasteiger partial charge < -0.3 is 15.0 Å². The first-order chi connectivity index (χ1) is 10.6. The Morgan fingerprint density at radius 3 is 2.91 bits per heavy atom. The lowest BCUT2D eigenvalue weighted by Crippen LogP contribution is -2.49. The lowest BCUT2D eigenvalue weighted by Gasteiger charge is -2.37. The van der Waals surface area contributed by atoms with E-state index in [1.54, 1.807) is 4.90 Å². The summed E-state index contributed by atoms with van der Waals surface area (Å²) in [6, 6.07) is 7.63. The van der Waals surface area contributed by atoms with Crippen molar-refractivity contribution in [1.82, 2.24) is 9.88 Å². The number of aromatic amines is 1. The fraction of sp³-hybridized carbons (Fsp3) is 0.412. The molecule has 5 heteroatoms. The van der Waals surface area contributed by atoms with E-state index in [0.29, 0.717) is 19.4 Å². The number of fused-ring (bicyclic) bond motifs is 1. The summed E-state index contributed by atoms with van der Waals surface area (Å²) < 4.78 is 0. The van der Waals surface area contributed by atoms with Crippen molar-refractivity contribution in [2.45, 2.75) is 32.2 Å². The Hall–Kier alpha value is -2.30. The van der Waals surface area contributed by atoms with Gasteiger partial charge in [0.05, 0.1) is 12.3 Å². The molecule has 1 aliphatic heterocycles. The van der Waals surface area contributed by atoms with Gasteiger partial charge in [0.15, 0.2) is 0 Å². The summed E-state index contributed by atoms with van der Waals surface area (Å²) in [5.41, 5.74) is 1.98. The molecule has 3 rings (SSSR count). The average Bonchev–Trinajstić information content (AvgIpc) is 2.90. The van der Waals surface area contributed by atoms with Gasteiger partial charge >= 0.3 is 5.97 Å². The highest BCUT2D eigenvalue weighted by atomic mass is 16.4. The first kappa shape index (κ1) is 14.6. The van der Waals surface area contributed by atoms with Gasteiger partial charge in [-0.25, -0.2) is 0 Å². The third-order valence-electron chi connectivity index (χ3n) is 4.64. The van der Waals surface area contributed by atoms with Crippen LogP contribution in [-0.2, 0) is 16.0 Å². The molecule has 2 aromatic rings. The summed E-state index contributed by atoms with van der Waals surface area (Å²) in [4.78, 5) is 28.8. The van der Waals surface area contributed by atoms with E-state index in [9.17, 15) is 14.7 Å². The minimum absolute atomic E-state index is 0.00297. The first-order valence-electron chi connectivity index (χ1n) is 7.65. The summed E-state index contributed by atoms with van der Waals surface area (Å²) in [7, 11) is 0. The summed E-state index contributed by atoms with van der Waals surface area (Å²) >= 11 is 0. The lowest BCUT2D eigenvalue weighted by molar-refractivity contribution is -0.148. The Morgan fingerprint density at radius 1 is 1.36 bits per heavy atom. The fourth-order valence-electron chi connectivity index (χ4n) is 3.37. The van der Waals surface area contributed by atoms with Crippen molar-refractivity contribution < 1.29 is 14.7 Å². The molecule has 1 fully saturated rings. The van der Waals surface area contributed by atoms with Crippen LogP contribution in [0.1, 0.15) is 25.3 Å². The molecule has 1 aliphatic rings. The number of likely N-dealkylation sites (tertiary alicyclic amines) is 1. The number of amides is 1. The number of aliphatic carboxylic acids is 1. The van der Waals surface area contributed by atoms with Crippen molar-refractivity contribution in [3.63, 3.8) is 0 Å². The van der Waals surface area contributed by atoms with Crippen LogP contribution in [-0.4, -0.2) is 39.5 Å². The minimum Gasteiger partial charge on any atom is -0.481 e. The average molecular weight is 300 g/mol. The second-order valence-corrected chi connectivity index (χ2v) is 5.95. The Bertz CT molecular complexity index is 707. The lowest BCUT2D eigenvalue weighted by atomic mass is 9.90. The predicted octanol–water partition coefficient (Wildman–Crippen LogP) is 2.42. The largest absolute Gasteiger partial charge is 0.481 e. The molecule has 1 aromatic heterocycles. The molecule has 0 radical (unpaired) electrons. The Balaban J connectivity index is 1.78. The number of benzene rings is 1. The van der Waals surface area contributed by atoms with Gasteiger partial charge in [-0.2, -0.15) is 0 Å². The molecule has 116 valence electrons. The van der Waals surface area contributed by atoms with Gasteiger partial charge in [-0.15, -0.1) is 0 Å². The molecule has 0 unspecified atom stereocenters. The van der Waals surface area contributed by atoms with Crippen LogP contribution in [0, 0.1) is 5.92 Å². The third kappa shape index (κ3) is 2.58. The summed E-state index contributed by atoms with van der Waals surface area (Å²) in [5, 5.41) is 10.3. The maximum atomic E-state index is 12.6. The molecule has 1 aromatic carbocycles. The summed E-state index contributed by atoms with van der Waals surface area (Å²) in [5.74, 6) is -1.26. The van der Waals surface area contributed by atoms with Crippen molar-refractivity contribution >= 4 is 22.8 Å². The SMILES string of the molecule is C[C@@H]1[C@H](C(=O)O)CCCN1C(=O)Cc1c[nH]c2ccccc12. The van der Waals surface area contributed by atoms with Crippen molar-refractivity contribution in [1.29, 1.82) is 0 Å². The number of hydrogen-bond acceptors (Lipinski definition) is 2. The van der Waals surface area contributed by atoms with Gasteiger partial charge in [-0.05, 0) is 31.4 Å². The molecule has 1 saturated heterocycles. The normalized spacial score (nSPS) is 22.0. The number of aromatic nitrogens is 1. The van der Waals surface area contributed by atoms with Gasteiger partial charge in [0.25, 0.3) is 0 Å². The van der Waals surface area contributed by atoms with Crippen LogP contribution < -0.4 is 0 Å². The maximum Gasteiger partial charge on any atom is 0.308 e. The molecule has 22 heavy (non-hydrogen) atoms. The van der Waals surface area contributed by atoms with Gasteiger partial charge in [-0.1, -0.05) is 18.2 Å². The van der Waals surface area contributed by atoms with E-state index in [0.717, 1.165) is 22.9 Å². The van der Waals surface area contributed by atoms with Crippen LogP contribution in [0.15, 0.2) is 30.5 Å². The van der Waals surface area contributed by atoms with Crippen LogP contribution in [0.25, 0.3) is 10.9 Å². The Morgan fingerprint density at radius 2 is 2.14 bits per heavy atom. The third-order valence-corrected chi connectivity index (χ3v) is 4.64. The number of rotatable bonds is 3. The second kappa shape index (κ2) is 5.83. The second-order valence-electron chi connectivity index (χ2n) is 5.95. The van der Waals surface area contributed by atoms with E-state index in [1.165, 1.54) is 0 Å². The highest BCUT2D eigenvalue weighted by Crippen LogP contribution is 2.25. The molecule has 2 N–H and O–H groups in total. The Kier molecular flexibility index (Phi) is 3.88. The summed E-state index contributed by atoms with van der Waals surface area (Å²) in [6.45, 7) is 2.48. The van der Waals surface area contributed by atoms with E-state index >= 15 is 0 Å². The molecule has 0 aliphatic carbocycles. The maximum absolute atomic E-state index is 12.6. The number of para-hydroxylation sites is 1. The monoisotopic (exact) mass is 300 g/mol. The van der Waals surface area contributed by atoms with Crippen LogP contribution >= 0.6 is 0 Å². The van der Waals surface area contributed by atoms with Gasteiger partial charge in [0, 0.05) is 29.7 Å². The molecule has 2 heterocycles. The van der Waals surface area contributed by atoms with Crippen LogP contribution in [0.3, 0.4) is 0 Å². The smallest absolute Gasteiger partial charge is 0.308 e. The standard InChI is InChI=1S/C17H20N2O3/c1-11-13(17(21)22)6-4-8-19(11)16(20)9-12-10-18-15-7-3-2-5-14(12)15/h2-3,5,7,10-11,13,18H,4,6,8-9H2,1H3,(H,21,22)/t11-,13-/m1/s1. The first-order valence-corrected chi connectivity index (χ1v) is 7.65. The minimum atomic E-state index is -0.808. The number of carboxylic acids is 1. The number of carbonyl (C=O) groups is 2. The molecule has 1 amide bonds. The van der Waals surface area contributed by atoms with Crippen LogP contribution in [0.5, 0.6) is 0 Å². The number of carboxylic acid groups (broad SMARTS) is 1.